The van der Waals surface area contributed by atoms with Gasteiger partial charge in [0.1, 0.15) is 0 Å². The first-order chi connectivity index (χ1) is 9.95. The summed E-state index contributed by atoms with van der Waals surface area (Å²) in [6.45, 7) is 2.12. The highest BCUT2D eigenvalue weighted by Crippen LogP contribution is 2.22. The Labute approximate surface area is 123 Å². The normalized spacial score (nSPS) is 19.7. The molecule has 0 radical (unpaired) electrons. The van der Waals surface area contributed by atoms with Crippen molar-refractivity contribution in [1.82, 2.24) is 9.62 Å². The van der Waals surface area contributed by atoms with E-state index in [-0.39, 0.29) is 23.3 Å². The Morgan fingerprint density at radius 1 is 1.52 bits per heavy atom. The molecule has 1 aliphatic heterocycles. The number of methoxy groups -OCH3 is 1. The van der Waals surface area contributed by atoms with Crippen molar-refractivity contribution < 1.29 is 22.3 Å². The molecule has 0 spiro atoms. The molecule has 1 aromatic rings. The van der Waals surface area contributed by atoms with Crippen molar-refractivity contribution in [2.75, 3.05) is 40.4 Å². The molecule has 0 amide bonds. The van der Waals surface area contributed by atoms with Crippen LogP contribution in [-0.4, -0.2) is 59.2 Å². The minimum atomic E-state index is -3.76. The number of nitrogens with one attached hydrogen (secondary N) is 1. The first-order valence-electron chi connectivity index (χ1n) is 6.57. The number of hydrogen-bond donors (Lipinski definition) is 1. The molecule has 1 heterocycles. The van der Waals surface area contributed by atoms with Gasteiger partial charge in [0.05, 0.1) is 24.7 Å². The van der Waals surface area contributed by atoms with Gasteiger partial charge in [0, 0.05) is 26.7 Å². The molecule has 1 unspecified atom stereocenters. The van der Waals surface area contributed by atoms with E-state index in [1.165, 1.54) is 30.6 Å². The molecule has 6 nitrogen and oxygen atoms in total. The third-order valence-corrected chi connectivity index (χ3v) is 5.12. The molecule has 1 aromatic carbocycles. The van der Waals surface area contributed by atoms with Crippen LogP contribution >= 0.6 is 0 Å². The van der Waals surface area contributed by atoms with Gasteiger partial charge in [-0.25, -0.2) is 12.8 Å². The molecule has 0 saturated carbocycles. The first kappa shape index (κ1) is 16.2. The van der Waals surface area contributed by atoms with Gasteiger partial charge in [0.15, 0.2) is 11.6 Å². The summed E-state index contributed by atoms with van der Waals surface area (Å²) in [4.78, 5) is -0.105. The largest absolute Gasteiger partial charge is 0.494 e. The number of rotatable bonds is 5. The highest BCUT2D eigenvalue weighted by Gasteiger charge is 2.26. The molecule has 8 heteroatoms. The standard InChI is InChI=1S/C13H19FN2O4S/c1-16(9-10-8-15-5-6-20-10)21(17,18)11-3-4-13(19-2)12(14)7-11/h3-4,7,10,15H,5-6,8-9H2,1-2H3. The van der Waals surface area contributed by atoms with Crippen LogP contribution in [0.15, 0.2) is 23.1 Å². The third-order valence-electron chi connectivity index (χ3n) is 3.30. The topological polar surface area (TPSA) is 67.9 Å². The van der Waals surface area contributed by atoms with Crippen molar-refractivity contribution in [3.05, 3.63) is 24.0 Å². The highest BCUT2D eigenvalue weighted by molar-refractivity contribution is 7.89. The molecule has 1 N–H and O–H groups in total. The Morgan fingerprint density at radius 3 is 2.86 bits per heavy atom. The van der Waals surface area contributed by atoms with Crippen molar-refractivity contribution >= 4 is 10.0 Å². The van der Waals surface area contributed by atoms with Crippen LogP contribution in [0.2, 0.25) is 0 Å². The molecule has 0 bridgehead atoms. The van der Waals surface area contributed by atoms with Gasteiger partial charge in [-0.05, 0) is 18.2 Å². The number of halogens is 1. The molecule has 0 aromatic heterocycles. The van der Waals surface area contributed by atoms with E-state index in [4.69, 9.17) is 9.47 Å². The Bertz CT molecular complexity index is 588. The van der Waals surface area contributed by atoms with E-state index in [9.17, 15) is 12.8 Å². The predicted molar refractivity (Wildman–Crippen MR) is 75.4 cm³/mol. The molecule has 1 aliphatic rings. The van der Waals surface area contributed by atoms with Crippen LogP contribution in [0.5, 0.6) is 5.75 Å². The van der Waals surface area contributed by atoms with Crippen LogP contribution in [0.4, 0.5) is 4.39 Å². The zero-order valence-electron chi connectivity index (χ0n) is 12.0. The van der Waals surface area contributed by atoms with E-state index >= 15 is 0 Å². The lowest BCUT2D eigenvalue weighted by Gasteiger charge is -2.27. The van der Waals surface area contributed by atoms with E-state index in [0.717, 1.165) is 12.6 Å². The summed E-state index contributed by atoms with van der Waals surface area (Å²) in [6.07, 6.45) is -0.207. The lowest BCUT2D eigenvalue weighted by molar-refractivity contribution is 0.0206. The lowest BCUT2D eigenvalue weighted by atomic mass is 10.3. The van der Waals surface area contributed by atoms with Crippen LogP contribution in [-0.2, 0) is 14.8 Å². The fraction of sp³-hybridized carbons (Fsp3) is 0.538. The van der Waals surface area contributed by atoms with Crippen LogP contribution < -0.4 is 10.1 Å². The predicted octanol–water partition coefficient (Wildman–Crippen LogP) is 0.443. The molecule has 21 heavy (non-hydrogen) atoms. The third kappa shape index (κ3) is 3.70. The second kappa shape index (κ2) is 6.69. The Morgan fingerprint density at radius 2 is 2.29 bits per heavy atom. The zero-order chi connectivity index (χ0) is 15.5. The maximum Gasteiger partial charge on any atom is 0.243 e. The molecule has 1 atom stereocenters. The van der Waals surface area contributed by atoms with E-state index in [1.54, 1.807) is 0 Å². The summed E-state index contributed by atoms with van der Waals surface area (Å²) in [7, 11) is -0.977. The fourth-order valence-electron chi connectivity index (χ4n) is 2.11. The van der Waals surface area contributed by atoms with Gasteiger partial charge < -0.3 is 14.8 Å². The SMILES string of the molecule is COc1ccc(S(=O)(=O)N(C)CC2CNCCO2)cc1F. The maximum absolute atomic E-state index is 13.7. The fourth-order valence-corrected chi connectivity index (χ4v) is 3.32. The number of hydrogen-bond acceptors (Lipinski definition) is 5. The molecule has 1 fully saturated rings. The van der Waals surface area contributed by atoms with Gasteiger partial charge in [-0.15, -0.1) is 0 Å². The average Bonchev–Trinajstić information content (AvgIpc) is 2.48. The highest BCUT2D eigenvalue weighted by atomic mass is 32.2. The number of ether oxygens (including phenoxy) is 2. The number of morpholine rings is 1. The molecule has 118 valence electrons. The van der Waals surface area contributed by atoms with Crippen LogP contribution in [0, 0.1) is 5.82 Å². The average molecular weight is 318 g/mol. The maximum atomic E-state index is 13.7. The zero-order valence-corrected chi connectivity index (χ0v) is 12.8. The molecule has 0 aliphatic carbocycles. The molecular weight excluding hydrogens is 299 g/mol. The van der Waals surface area contributed by atoms with Gasteiger partial charge in [0.25, 0.3) is 0 Å². The lowest BCUT2D eigenvalue weighted by Crippen LogP contribution is -2.45. The van der Waals surface area contributed by atoms with Crippen molar-refractivity contribution in [2.24, 2.45) is 0 Å². The second-order valence-corrected chi connectivity index (χ2v) is 6.82. The Kier molecular flexibility index (Phi) is 5.15. The van der Waals surface area contributed by atoms with Gasteiger partial charge in [0.2, 0.25) is 10.0 Å². The summed E-state index contributed by atoms with van der Waals surface area (Å²) >= 11 is 0. The monoisotopic (exact) mass is 318 g/mol. The van der Waals surface area contributed by atoms with Gasteiger partial charge >= 0.3 is 0 Å². The van der Waals surface area contributed by atoms with E-state index < -0.39 is 15.8 Å². The summed E-state index contributed by atoms with van der Waals surface area (Å²) in [6, 6.07) is 3.59. The van der Waals surface area contributed by atoms with E-state index in [2.05, 4.69) is 5.32 Å². The van der Waals surface area contributed by atoms with E-state index in [0.29, 0.717) is 13.2 Å². The minimum Gasteiger partial charge on any atom is -0.494 e. The summed E-state index contributed by atoms with van der Waals surface area (Å²) in [5.41, 5.74) is 0. The van der Waals surface area contributed by atoms with Crippen LogP contribution in [0.3, 0.4) is 0 Å². The van der Waals surface area contributed by atoms with Crippen LogP contribution in [0.1, 0.15) is 0 Å². The molecule has 1 saturated heterocycles. The smallest absolute Gasteiger partial charge is 0.243 e. The minimum absolute atomic E-state index is 0.0106. The van der Waals surface area contributed by atoms with Crippen LogP contribution in [0.25, 0.3) is 0 Å². The number of likely N-dealkylation sites (N-methyl/N-ethyl adjacent to an activating group) is 1. The molecular formula is C13H19FN2O4S. The second-order valence-electron chi connectivity index (χ2n) is 4.78. The van der Waals surface area contributed by atoms with Crippen molar-refractivity contribution in [2.45, 2.75) is 11.0 Å². The summed E-state index contributed by atoms with van der Waals surface area (Å²) in [5, 5.41) is 3.13. The summed E-state index contributed by atoms with van der Waals surface area (Å²) in [5.74, 6) is -0.695. The summed E-state index contributed by atoms with van der Waals surface area (Å²) < 4.78 is 49.9. The number of benzene rings is 1. The van der Waals surface area contributed by atoms with Gasteiger partial charge in [-0.2, -0.15) is 4.31 Å². The number of nitrogens with zero attached hydrogens (tertiary/aromatic N) is 1. The Hall–Kier alpha value is -1.22. The van der Waals surface area contributed by atoms with Gasteiger partial charge in [-0.3, -0.25) is 0 Å². The van der Waals surface area contributed by atoms with Gasteiger partial charge in [-0.1, -0.05) is 0 Å². The van der Waals surface area contributed by atoms with Crippen molar-refractivity contribution in [1.29, 1.82) is 0 Å². The number of sulfonamides is 1. The first-order valence-corrected chi connectivity index (χ1v) is 8.01. The van der Waals surface area contributed by atoms with Crippen molar-refractivity contribution in [3.63, 3.8) is 0 Å². The Balaban J connectivity index is 2.14. The van der Waals surface area contributed by atoms with E-state index in [1.807, 2.05) is 0 Å². The van der Waals surface area contributed by atoms with Crippen molar-refractivity contribution in [3.8, 4) is 5.75 Å². The quantitative estimate of drug-likeness (QED) is 0.853. The molecule has 2 rings (SSSR count).